The van der Waals surface area contributed by atoms with E-state index in [9.17, 15) is 48.6 Å². The van der Waals surface area contributed by atoms with Gasteiger partial charge in [0.15, 0.2) is 6.04 Å². The van der Waals surface area contributed by atoms with E-state index in [1.165, 1.54) is 0 Å². The van der Waals surface area contributed by atoms with Crippen LogP contribution in [-0.4, -0.2) is 129 Å². The molecule has 0 aliphatic carbocycles. The van der Waals surface area contributed by atoms with Crippen molar-refractivity contribution in [3.8, 4) is 0 Å². The van der Waals surface area contributed by atoms with E-state index in [2.05, 4.69) is 16.0 Å². The van der Waals surface area contributed by atoms with Crippen LogP contribution in [0, 0.1) is 0 Å². The summed E-state index contributed by atoms with van der Waals surface area (Å²) >= 11 is 0. The maximum Gasteiger partial charge on any atom is 0.328 e. The third-order valence-corrected chi connectivity index (χ3v) is 6.17. The number of carboxylic acid groups (broad SMARTS) is 2. The molecule has 236 valence electrons. The van der Waals surface area contributed by atoms with Gasteiger partial charge in [-0.3, -0.25) is 33.6 Å². The minimum Gasteiger partial charge on any atom is -0.481 e. The Bertz CT molecular complexity index is 1050. The first-order valence-corrected chi connectivity index (χ1v) is 12.8. The molecule has 1 saturated heterocycles. The van der Waals surface area contributed by atoms with E-state index in [0.717, 1.165) is 11.8 Å². The zero-order chi connectivity index (χ0) is 32.1. The van der Waals surface area contributed by atoms with E-state index < -0.39 is 110 Å². The lowest BCUT2D eigenvalue weighted by Crippen LogP contribution is -2.58. The molecule has 0 aromatic carbocycles. The molecule has 0 saturated carbocycles. The highest BCUT2D eigenvalue weighted by molar-refractivity contribution is 5.97. The second-order valence-corrected chi connectivity index (χ2v) is 9.55. The Morgan fingerprint density at radius 1 is 0.976 bits per heavy atom. The number of amides is 6. The topological polar surface area (TPSA) is 321 Å². The summed E-state index contributed by atoms with van der Waals surface area (Å²) < 4.78 is 0. The molecule has 0 bridgehead atoms. The van der Waals surface area contributed by atoms with E-state index in [1.54, 1.807) is 0 Å². The molecule has 42 heavy (non-hydrogen) atoms. The van der Waals surface area contributed by atoms with Crippen molar-refractivity contribution in [3.63, 3.8) is 0 Å². The number of nitrogens with two attached hydrogens (primary N) is 2. The van der Waals surface area contributed by atoms with Gasteiger partial charge in [-0.15, -0.1) is 0 Å². The molecule has 0 unspecified atom stereocenters. The van der Waals surface area contributed by atoms with Crippen molar-refractivity contribution in [2.24, 2.45) is 11.5 Å². The summed E-state index contributed by atoms with van der Waals surface area (Å²) in [7, 11) is 0. The van der Waals surface area contributed by atoms with Gasteiger partial charge in [0.05, 0.1) is 31.7 Å². The number of aliphatic carboxylic acids is 2. The van der Waals surface area contributed by atoms with Gasteiger partial charge in [-0.1, -0.05) is 0 Å². The van der Waals surface area contributed by atoms with Gasteiger partial charge < -0.3 is 58.1 Å². The molecule has 0 aromatic heterocycles. The van der Waals surface area contributed by atoms with Crippen LogP contribution in [0.3, 0.4) is 0 Å². The first-order valence-electron chi connectivity index (χ1n) is 12.8. The summed E-state index contributed by atoms with van der Waals surface area (Å²) in [5, 5.41) is 45.4. The van der Waals surface area contributed by atoms with Crippen molar-refractivity contribution < 1.29 is 58.8 Å². The summed E-state index contributed by atoms with van der Waals surface area (Å²) in [6, 6.07) is -7.24. The second-order valence-electron chi connectivity index (χ2n) is 9.55. The molecule has 1 heterocycles. The van der Waals surface area contributed by atoms with Crippen LogP contribution in [0.1, 0.15) is 39.0 Å². The van der Waals surface area contributed by atoms with Crippen LogP contribution in [0.4, 0.5) is 0 Å². The van der Waals surface area contributed by atoms with Crippen molar-refractivity contribution in [3.05, 3.63) is 0 Å². The molecule has 6 atom stereocenters. The number of carbonyl (C=O) groups is 8. The number of nitrogens with one attached hydrogen (secondary N) is 4. The molecule has 19 nitrogen and oxygen atoms in total. The van der Waals surface area contributed by atoms with Crippen LogP contribution < -0.4 is 32.7 Å². The van der Waals surface area contributed by atoms with Crippen molar-refractivity contribution in [1.29, 1.82) is 0 Å². The maximum atomic E-state index is 13.2. The summed E-state index contributed by atoms with van der Waals surface area (Å²) in [6.45, 7) is -0.510. The van der Waals surface area contributed by atoms with Crippen molar-refractivity contribution in [2.45, 2.75) is 75.3 Å². The molecule has 1 aliphatic heterocycles. The summed E-state index contributed by atoms with van der Waals surface area (Å²) in [6.07, 6.45) is -2.32. The van der Waals surface area contributed by atoms with Gasteiger partial charge >= 0.3 is 11.9 Å². The molecule has 12 N–H and O–H groups in total. The Hall–Kier alpha value is -4.36. The fourth-order valence-corrected chi connectivity index (χ4v) is 3.96. The lowest BCUT2D eigenvalue weighted by molar-refractivity contribution is -0.145. The maximum absolute atomic E-state index is 13.2. The predicted octanol–water partition coefficient (Wildman–Crippen LogP) is -5.93. The zero-order valence-corrected chi connectivity index (χ0v) is 22.8. The van der Waals surface area contributed by atoms with E-state index in [0.29, 0.717) is 6.42 Å². The van der Waals surface area contributed by atoms with Crippen LogP contribution in [0.2, 0.25) is 0 Å². The van der Waals surface area contributed by atoms with Crippen LogP contribution in [0.15, 0.2) is 0 Å². The molecule has 1 aliphatic rings. The minimum absolute atomic E-state index is 0.0251. The summed E-state index contributed by atoms with van der Waals surface area (Å²) in [5.74, 6) is -8.32. The fraction of sp³-hybridized carbons (Fsp3) is 0.652. The highest BCUT2D eigenvalue weighted by atomic mass is 16.4. The number of likely N-dealkylation sites (tertiary alicyclic amines) is 1. The zero-order valence-electron chi connectivity index (χ0n) is 22.8. The molecule has 1 fully saturated rings. The molecular formula is C23H37N7O12. The van der Waals surface area contributed by atoms with E-state index in [4.69, 9.17) is 21.7 Å². The molecule has 1 rings (SSSR count). The third kappa shape index (κ3) is 11.3. The van der Waals surface area contributed by atoms with E-state index in [-0.39, 0.29) is 19.4 Å². The van der Waals surface area contributed by atoms with Crippen LogP contribution in [0.5, 0.6) is 0 Å². The normalized spacial score (nSPS) is 18.0. The predicted molar refractivity (Wildman–Crippen MR) is 139 cm³/mol. The molecule has 0 aromatic rings. The second kappa shape index (κ2) is 16.8. The van der Waals surface area contributed by atoms with Gasteiger partial charge in [0.1, 0.15) is 18.1 Å². The summed E-state index contributed by atoms with van der Waals surface area (Å²) in [4.78, 5) is 97.4. The Kier molecular flexibility index (Phi) is 14.3. The largest absolute Gasteiger partial charge is 0.481 e. The Morgan fingerprint density at radius 3 is 2.14 bits per heavy atom. The smallest absolute Gasteiger partial charge is 0.328 e. The van der Waals surface area contributed by atoms with Gasteiger partial charge in [-0.05, 0) is 26.2 Å². The molecule has 6 amide bonds. The standard InChI is InChI=1S/C23H37N7O12/c1-10(32)18(23(41)42)29-16(34)8-26-20(38)13(9-31)28-21(39)14-3-2-6-30(14)22(40)12(7-15(25)33)27-19(37)11(24)4-5-17(35)36/h10-14,18,31-32H,2-9,24H2,1H3,(H2,25,33)(H,26,38)(H,27,37)(H,28,39)(H,29,34)(H,35,36)(H,41,42)/t10-,11+,12+,13+,14+,18+/m1/s1. The first kappa shape index (κ1) is 35.7. The number of carbonyl (C=O) groups excluding carboxylic acids is 6. The average Bonchev–Trinajstić information content (AvgIpc) is 3.40. The van der Waals surface area contributed by atoms with Crippen LogP contribution in [0.25, 0.3) is 0 Å². The van der Waals surface area contributed by atoms with Crippen molar-refractivity contribution in [1.82, 2.24) is 26.2 Å². The molecular weight excluding hydrogens is 566 g/mol. The van der Waals surface area contributed by atoms with Crippen LogP contribution >= 0.6 is 0 Å². The number of aliphatic hydroxyl groups excluding tert-OH is 2. The summed E-state index contributed by atoms with van der Waals surface area (Å²) in [5.41, 5.74) is 10.9. The number of carboxylic acids is 2. The first-order chi connectivity index (χ1) is 19.6. The number of aliphatic hydroxyl groups is 2. The third-order valence-electron chi connectivity index (χ3n) is 6.17. The van der Waals surface area contributed by atoms with Crippen molar-refractivity contribution in [2.75, 3.05) is 19.7 Å². The lowest BCUT2D eigenvalue weighted by Gasteiger charge is -2.29. The number of rotatable bonds is 17. The van der Waals surface area contributed by atoms with E-state index >= 15 is 0 Å². The van der Waals surface area contributed by atoms with E-state index in [1.807, 2.05) is 5.32 Å². The molecule has 0 spiro atoms. The number of primary amides is 1. The quantitative estimate of drug-likeness (QED) is 0.0741. The van der Waals surface area contributed by atoms with Crippen molar-refractivity contribution >= 4 is 47.4 Å². The Balaban J connectivity index is 2.86. The monoisotopic (exact) mass is 603 g/mol. The van der Waals surface area contributed by atoms with Gasteiger partial charge in [0.25, 0.3) is 0 Å². The Labute approximate surface area is 239 Å². The molecule has 0 radical (unpaired) electrons. The molecule has 19 heteroatoms. The number of hydrogen-bond donors (Lipinski definition) is 10. The number of hydrogen-bond acceptors (Lipinski definition) is 11. The van der Waals surface area contributed by atoms with Crippen LogP contribution in [-0.2, 0) is 38.4 Å². The Morgan fingerprint density at radius 2 is 1.62 bits per heavy atom. The average molecular weight is 604 g/mol. The number of nitrogens with zero attached hydrogens (tertiary/aromatic N) is 1. The van der Waals surface area contributed by atoms with Gasteiger partial charge in [0.2, 0.25) is 35.4 Å². The highest BCUT2D eigenvalue weighted by Crippen LogP contribution is 2.19. The minimum atomic E-state index is -1.64. The van der Waals surface area contributed by atoms with Gasteiger partial charge in [-0.2, -0.15) is 0 Å². The van der Waals surface area contributed by atoms with Gasteiger partial charge in [-0.25, -0.2) is 4.79 Å². The SMILES string of the molecule is C[C@@H](O)[C@H](NC(=O)CNC(=O)[C@H](CO)NC(=O)[C@@H]1CCCN1C(=O)[C@H](CC(N)=O)NC(=O)[C@@H](N)CCC(=O)O)C(=O)O. The van der Waals surface area contributed by atoms with Gasteiger partial charge in [0, 0.05) is 13.0 Å². The fourth-order valence-electron chi connectivity index (χ4n) is 3.96. The highest BCUT2D eigenvalue weighted by Gasteiger charge is 2.39. The lowest BCUT2D eigenvalue weighted by atomic mass is 10.1.